The number of aromatic nitrogens is 2. The SMILES string of the molecule is CCCc1cc(N)nc(-c2ccco2)n1. The fraction of sp³-hybridized carbons (Fsp3) is 0.273. The van der Waals surface area contributed by atoms with Gasteiger partial charge in [-0.1, -0.05) is 13.3 Å². The number of nitrogen functional groups attached to an aromatic ring is 1. The Kier molecular flexibility index (Phi) is 2.67. The van der Waals surface area contributed by atoms with Crippen LogP contribution in [0.15, 0.2) is 28.9 Å². The quantitative estimate of drug-likeness (QED) is 0.831. The lowest BCUT2D eigenvalue weighted by Crippen LogP contribution is -1.99. The summed E-state index contributed by atoms with van der Waals surface area (Å²) in [6.45, 7) is 2.10. The molecule has 0 aliphatic carbocycles. The lowest BCUT2D eigenvalue weighted by Gasteiger charge is -2.02. The third-order valence-electron chi connectivity index (χ3n) is 2.05. The molecule has 4 nitrogen and oxygen atoms in total. The van der Waals surface area contributed by atoms with E-state index in [2.05, 4.69) is 16.9 Å². The van der Waals surface area contributed by atoms with Crippen LogP contribution in [0, 0.1) is 0 Å². The molecule has 0 unspecified atom stereocenters. The van der Waals surface area contributed by atoms with Crippen molar-refractivity contribution in [2.45, 2.75) is 19.8 Å². The van der Waals surface area contributed by atoms with E-state index in [1.165, 1.54) is 0 Å². The molecule has 78 valence electrons. The highest BCUT2D eigenvalue weighted by atomic mass is 16.3. The first kappa shape index (κ1) is 9.71. The molecular formula is C11H13N3O. The van der Waals surface area contributed by atoms with E-state index in [1.54, 1.807) is 18.4 Å². The molecule has 0 spiro atoms. The number of nitrogens with two attached hydrogens (primary N) is 1. The number of hydrogen-bond acceptors (Lipinski definition) is 4. The molecule has 0 aromatic carbocycles. The predicted molar refractivity (Wildman–Crippen MR) is 58.1 cm³/mol. The zero-order chi connectivity index (χ0) is 10.7. The van der Waals surface area contributed by atoms with Crippen molar-refractivity contribution in [3.63, 3.8) is 0 Å². The van der Waals surface area contributed by atoms with Gasteiger partial charge in [0.1, 0.15) is 5.82 Å². The van der Waals surface area contributed by atoms with Gasteiger partial charge in [0.2, 0.25) is 0 Å². The monoisotopic (exact) mass is 203 g/mol. The first-order valence-corrected chi connectivity index (χ1v) is 4.97. The molecule has 0 radical (unpaired) electrons. The van der Waals surface area contributed by atoms with E-state index in [-0.39, 0.29) is 0 Å². The molecule has 2 heterocycles. The molecule has 0 saturated carbocycles. The number of aryl methyl sites for hydroxylation is 1. The molecule has 2 aromatic heterocycles. The maximum absolute atomic E-state index is 5.70. The highest BCUT2D eigenvalue weighted by Crippen LogP contribution is 2.17. The van der Waals surface area contributed by atoms with Crippen LogP contribution >= 0.6 is 0 Å². The first-order chi connectivity index (χ1) is 7.29. The first-order valence-electron chi connectivity index (χ1n) is 4.97. The van der Waals surface area contributed by atoms with Gasteiger partial charge in [0.25, 0.3) is 0 Å². The van der Waals surface area contributed by atoms with Gasteiger partial charge in [0, 0.05) is 11.8 Å². The summed E-state index contributed by atoms with van der Waals surface area (Å²) in [5, 5.41) is 0. The molecule has 2 rings (SSSR count). The van der Waals surface area contributed by atoms with E-state index >= 15 is 0 Å². The number of rotatable bonds is 3. The highest BCUT2D eigenvalue weighted by Gasteiger charge is 2.06. The van der Waals surface area contributed by atoms with Gasteiger partial charge < -0.3 is 10.2 Å². The Bertz CT molecular complexity index is 437. The second-order valence-electron chi connectivity index (χ2n) is 3.34. The number of furan rings is 1. The largest absolute Gasteiger partial charge is 0.461 e. The highest BCUT2D eigenvalue weighted by molar-refractivity contribution is 5.49. The van der Waals surface area contributed by atoms with Gasteiger partial charge in [-0.05, 0) is 18.6 Å². The van der Waals surface area contributed by atoms with Crippen LogP contribution in [0.3, 0.4) is 0 Å². The smallest absolute Gasteiger partial charge is 0.197 e. The van der Waals surface area contributed by atoms with Crippen molar-refractivity contribution >= 4 is 5.82 Å². The minimum atomic E-state index is 0.486. The Morgan fingerprint density at radius 2 is 2.27 bits per heavy atom. The Hall–Kier alpha value is -1.84. The Labute approximate surface area is 88.2 Å². The second kappa shape index (κ2) is 4.13. The van der Waals surface area contributed by atoms with Crippen LogP contribution in [0.1, 0.15) is 19.0 Å². The van der Waals surface area contributed by atoms with E-state index in [4.69, 9.17) is 10.2 Å². The molecule has 0 saturated heterocycles. The van der Waals surface area contributed by atoms with Crippen LogP contribution in [0.2, 0.25) is 0 Å². The van der Waals surface area contributed by atoms with Crippen LogP contribution in [0.4, 0.5) is 5.82 Å². The maximum atomic E-state index is 5.70. The number of anilines is 1. The van der Waals surface area contributed by atoms with Gasteiger partial charge in [0.05, 0.1) is 6.26 Å². The molecule has 0 fully saturated rings. The summed E-state index contributed by atoms with van der Waals surface area (Å²) in [7, 11) is 0. The average molecular weight is 203 g/mol. The van der Waals surface area contributed by atoms with Crippen LogP contribution in [-0.2, 0) is 6.42 Å². The summed E-state index contributed by atoms with van der Waals surface area (Å²) in [4.78, 5) is 8.51. The van der Waals surface area contributed by atoms with Crippen molar-refractivity contribution in [1.82, 2.24) is 9.97 Å². The zero-order valence-corrected chi connectivity index (χ0v) is 8.60. The summed E-state index contributed by atoms with van der Waals surface area (Å²) < 4.78 is 5.23. The van der Waals surface area contributed by atoms with E-state index in [0.29, 0.717) is 17.4 Å². The number of hydrogen-bond donors (Lipinski definition) is 1. The zero-order valence-electron chi connectivity index (χ0n) is 8.60. The molecule has 0 bridgehead atoms. The topological polar surface area (TPSA) is 64.9 Å². The Morgan fingerprint density at radius 1 is 1.40 bits per heavy atom. The van der Waals surface area contributed by atoms with E-state index < -0.39 is 0 Å². The van der Waals surface area contributed by atoms with Crippen molar-refractivity contribution < 1.29 is 4.42 Å². The van der Waals surface area contributed by atoms with Gasteiger partial charge in [-0.15, -0.1) is 0 Å². The van der Waals surface area contributed by atoms with E-state index in [1.807, 2.05) is 6.07 Å². The predicted octanol–water partition coefficient (Wildman–Crippen LogP) is 2.27. The van der Waals surface area contributed by atoms with Crippen molar-refractivity contribution in [2.75, 3.05) is 5.73 Å². The fourth-order valence-corrected chi connectivity index (χ4v) is 1.42. The lowest BCUT2D eigenvalue weighted by molar-refractivity contribution is 0.576. The molecule has 0 atom stereocenters. The van der Waals surface area contributed by atoms with Crippen LogP contribution < -0.4 is 5.73 Å². The normalized spacial score (nSPS) is 10.5. The van der Waals surface area contributed by atoms with Gasteiger partial charge in [0.15, 0.2) is 11.6 Å². The van der Waals surface area contributed by atoms with Crippen molar-refractivity contribution in [3.05, 3.63) is 30.2 Å². The van der Waals surface area contributed by atoms with E-state index in [9.17, 15) is 0 Å². The summed E-state index contributed by atoms with van der Waals surface area (Å²) in [6, 6.07) is 5.43. The second-order valence-corrected chi connectivity index (χ2v) is 3.34. The summed E-state index contributed by atoms with van der Waals surface area (Å²) in [5.41, 5.74) is 6.66. The third-order valence-corrected chi connectivity index (χ3v) is 2.05. The molecular weight excluding hydrogens is 190 g/mol. The summed E-state index contributed by atoms with van der Waals surface area (Å²) >= 11 is 0. The Balaban J connectivity index is 2.40. The fourth-order valence-electron chi connectivity index (χ4n) is 1.42. The molecule has 4 heteroatoms. The maximum Gasteiger partial charge on any atom is 0.197 e. The van der Waals surface area contributed by atoms with Gasteiger partial charge in [-0.25, -0.2) is 9.97 Å². The summed E-state index contributed by atoms with van der Waals surface area (Å²) in [5.74, 6) is 1.70. The summed E-state index contributed by atoms with van der Waals surface area (Å²) in [6.07, 6.45) is 3.54. The van der Waals surface area contributed by atoms with Crippen LogP contribution in [0.5, 0.6) is 0 Å². The number of nitrogens with zero attached hydrogens (tertiary/aromatic N) is 2. The van der Waals surface area contributed by atoms with Crippen molar-refractivity contribution in [2.24, 2.45) is 0 Å². The molecule has 15 heavy (non-hydrogen) atoms. The molecule has 2 aromatic rings. The van der Waals surface area contributed by atoms with E-state index in [0.717, 1.165) is 18.5 Å². The molecule has 0 aliphatic rings. The third kappa shape index (κ3) is 2.15. The van der Waals surface area contributed by atoms with Gasteiger partial charge >= 0.3 is 0 Å². The van der Waals surface area contributed by atoms with Crippen molar-refractivity contribution in [3.8, 4) is 11.6 Å². The van der Waals surface area contributed by atoms with Gasteiger partial charge in [-0.3, -0.25) is 0 Å². The average Bonchev–Trinajstić information content (AvgIpc) is 2.70. The standard InChI is InChI=1S/C11H13N3O/c1-2-4-8-7-10(12)14-11(13-8)9-5-3-6-15-9/h3,5-7H,2,4H2,1H3,(H2,12,13,14). The van der Waals surface area contributed by atoms with Crippen molar-refractivity contribution in [1.29, 1.82) is 0 Å². The van der Waals surface area contributed by atoms with Gasteiger partial charge in [-0.2, -0.15) is 0 Å². The molecule has 0 amide bonds. The van der Waals surface area contributed by atoms with Crippen LogP contribution in [-0.4, -0.2) is 9.97 Å². The lowest BCUT2D eigenvalue weighted by atomic mass is 10.2. The molecule has 2 N–H and O–H groups in total. The minimum Gasteiger partial charge on any atom is -0.461 e. The Morgan fingerprint density at radius 3 is 2.93 bits per heavy atom. The molecule has 0 aliphatic heterocycles. The van der Waals surface area contributed by atoms with Crippen LogP contribution in [0.25, 0.3) is 11.6 Å². The minimum absolute atomic E-state index is 0.486.